The van der Waals surface area contributed by atoms with Crippen molar-refractivity contribution in [1.82, 2.24) is 4.90 Å². The van der Waals surface area contributed by atoms with Crippen molar-refractivity contribution in [3.05, 3.63) is 29.8 Å². The fourth-order valence-electron chi connectivity index (χ4n) is 2.18. The molecule has 0 spiro atoms. The molecule has 1 saturated heterocycles. The summed E-state index contributed by atoms with van der Waals surface area (Å²) in [6, 6.07) is 7.66. The number of hydrogen-bond acceptors (Lipinski definition) is 3. The van der Waals surface area contributed by atoms with Crippen LogP contribution < -0.4 is 4.74 Å². The highest BCUT2D eigenvalue weighted by molar-refractivity contribution is 5.77. The minimum Gasteiger partial charge on any atom is -0.484 e. The summed E-state index contributed by atoms with van der Waals surface area (Å²) in [4.78, 5) is 13.7. The van der Waals surface area contributed by atoms with E-state index in [1.165, 1.54) is 0 Å². The van der Waals surface area contributed by atoms with Gasteiger partial charge in [-0.15, -0.1) is 0 Å². The van der Waals surface area contributed by atoms with Crippen molar-refractivity contribution in [2.75, 3.05) is 19.7 Å². The Balaban J connectivity index is 1.82. The molecule has 1 amide bonds. The molecule has 0 saturated carbocycles. The summed E-state index contributed by atoms with van der Waals surface area (Å²) in [6.07, 6.45) is 1.26. The largest absolute Gasteiger partial charge is 0.484 e. The normalized spacial score (nSPS) is 18.2. The van der Waals surface area contributed by atoms with Gasteiger partial charge in [0.25, 0.3) is 5.91 Å². The van der Waals surface area contributed by atoms with E-state index in [-0.39, 0.29) is 12.5 Å². The lowest BCUT2D eigenvalue weighted by molar-refractivity contribution is -0.137. The molecule has 0 atom stereocenters. The van der Waals surface area contributed by atoms with Gasteiger partial charge in [-0.3, -0.25) is 4.79 Å². The van der Waals surface area contributed by atoms with Crippen LogP contribution in [0.4, 0.5) is 0 Å². The highest BCUT2D eigenvalue weighted by atomic mass is 16.5. The Morgan fingerprint density at radius 1 is 1.42 bits per heavy atom. The zero-order chi connectivity index (χ0) is 13.9. The SMILES string of the molecule is Cc1cccc(OCC(=O)N2CCC(C)(O)CC2)c1. The first-order valence-electron chi connectivity index (χ1n) is 6.66. The number of ether oxygens (including phenoxy) is 1. The highest BCUT2D eigenvalue weighted by Gasteiger charge is 2.29. The third-order valence-electron chi connectivity index (χ3n) is 3.55. The van der Waals surface area contributed by atoms with Crippen LogP contribution in [0.3, 0.4) is 0 Å². The van der Waals surface area contributed by atoms with Crippen molar-refractivity contribution in [3.8, 4) is 5.75 Å². The molecule has 104 valence electrons. The van der Waals surface area contributed by atoms with Crippen molar-refractivity contribution >= 4 is 5.91 Å². The van der Waals surface area contributed by atoms with Crippen LogP contribution in [-0.4, -0.2) is 41.2 Å². The molecular formula is C15H21NO3. The second-order valence-corrected chi connectivity index (χ2v) is 5.48. The van der Waals surface area contributed by atoms with Crippen molar-refractivity contribution in [2.24, 2.45) is 0 Å². The van der Waals surface area contributed by atoms with Crippen LogP contribution in [0.2, 0.25) is 0 Å². The predicted molar refractivity (Wildman–Crippen MR) is 73.1 cm³/mol. The Labute approximate surface area is 114 Å². The number of rotatable bonds is 3. The van der Waals surface area contributed by atoms with Crippen LogP contribution in [0, 0.1) is 6.92 Å². The average molecular weight is 263 g/mol. The fourth-order valence-corrected chi connectivity index (χ4v) is 2.18. The Morgan fingerprint density at radius 3 is 2.74 bits per heavy atom. The van der Waals surface area contributed by atoms with Gasteiger partial charge in [0.2, 0.25) is 0 Å². The topological polar surface area (TPSA) is 49.8 Å². The summed E-state index contributed by atoms with van der Waals surface area (Å²) in [5, 5.41) is 9.84. The van der Waals surface area contributed by atoms with Crippen molar-refractivity contribution < 1.29 is 14.6 Å². The first kappa shape index (κ1) is 13.9. The molecule has 1 fully saturated rings. The Bertz CT molecular complexity index is 446. The third-order valence-corrected chi connectivity index (χ3v) is 3.55. The minimum absolute atomic E-state index is 0.0167. The summed E-state index contributed by atoms with van der Waals surface area (Å²) in [5.41, 5.74) is 0.479. The van der Waals surface area contributed by atoms with Crippen LogP contribution in [0.1, 0.15) is 25.3 Å². The van der Waals surface area contributed by atoms with Gasteiger partial charge in [0.05, 0.1) is 5.60 Å². The molecule has 4 nitrogen and oxygen atoms in total. The number of hydrogen-bond donors (Lipinski definition) is 1. The molecule has 0 unspecified atom stereocenters. The second kappa shape index (κ2) is 5.61. The summed E-state index contributed by atoms with van der Waals surface area (Å²) >= 11 is 0. The molecule has 0 aliphatic carbocycles. The molecular weight excluding hydrogens is 242 g/mol. The van der Waals surface area contributed by atoms with Gasteiger partial charge in [0.15, 0.2) is 6.61 Å². The van der Waals surface area contributed by atoms with Gasteiger partial charge < -0.3 is 14.7 Å². The molecule has 1 heterocycles. The van der Waals surface area contributed by atoms with Crippen molar-refractivity contribution in [1.29, 1.82) is 0 Å². The Kier molecular flexibility index (Phi) is 4.10. The van der Waals surface area contributed by atoms with E-state index in [4.69, 9.17) is 4.74 Å². The maximum absolute atomic E-state index is 12.0. The Morgan fingerprint density at radius 2 is 2.11 bits per heavy atom. The number of piperidine rings is 1. The third kappa shape index (κ3) is 3.96. The van der Waals surface area contributed by atoms with Gasteiger partial charge in [-0.2, -0.15) is 0 Å². The van der Waals surface area contributed by atoms with E-state index in [9.17, 15) is 9.90 Å². The van der Waals surface area contributed by atoms with Crippen molar-refractivity contribution in [3.63, 3.8) is 0 Å². The molecule has 1 aromatic carbocycles. The molecule has 1 N–H and O–H groups in total. The monoisotopic (exact) mass is 263 g/mol. The van der Waals surface area contributed by atoms with Crippen LogP contribution in [0.25, 0.3) is 0 Å². The molecule has 19 heavy (non-hydrogen) atoms. The van der Waals surface area contributed by atoms with E-state index in [0.29, 0.717) is 25.9 Å². The highest BCUT2D eigenvalue weighted by Crippen LogP contribution is 2.21. The van der Waals surface area contributed by atoms with E-state index in [0.717, 1.165) is 11.3 Å². The summed E-state index contributed by atoms with van der Waals surface area (Å²) < 4.78 is 5.50. The fraction of sp³-hybridized carbons (Fsp3) is 0.533. The molecule has 1 aromatic rings. The lowest BCUT2D eigenvalue weighted by Crippen LogP contribution is -2.46. The first-order valence-corrected chi connectivity index (χ1v) is 6.66. The van der Waals surface area contributed by atoms with E-state index in [2.05, 4.69) is 0 Å². The Hall–Kier alpha value is -1.55. The number of aryl methyl sites for hydroxylation is 1. The lowest BCUT2D eigenvalue weighted by atomic mass is 9.94. The number of aliphatic hydroxyl groups is 1. The van der Waals surface area contributed by atoms with Gasteiger partial charge in [-0.1, -0.05) is 12.1 Å². The summed E-state index contributed by atoms with van der Waals surface area (Å²) in [6.45, 7) is 5.07. The quantitative estimate of drug-likeness (QED) is 0.904. The number of likely N-dealkylation sites (tertiary alicyclic amines) is 1. The maximum Gasteiger partial charge on any atom is 0.260 e. The van der Waals surface area contributed by atoms with Gasteiger partial charge in [0, 0.05) is 13.1 Å². The number of amides is 1. The molecule has 1 aliphatic heterocycles. The van der Waals surface area contributed by atoms with Gasteiger partial charge in [-0.05, 0) is 44.4 Å². The molecule has 2 rings (SSSR count). The smallest absolute Gasteiger partial charge is 0.260 e. The number of nitrogens with zero attached hydrogens (tertiary/aromatic N) is 1. The minimum atomic E-state index is -0.631. The van der Waals surface area contributed by atoms with E-state index < -0.39 is 5.60 Å². The number of carbonyl (C=O) groups is 1. The summed E-state index contributed by atoms with van der Waals surface area (Å²) in [7, 11) is 0. The maximum atomic E-state index is 12.0. The van der Waals surface area contributed by atoms with Crippen molar-refractivity contribution in [2.45, 2.75) is 32.3 Å². The van der Waals surface area contributed by atoms with Gasteiger partial charge in [0.1, 0.15) is 5.75 Å². The zero-order valence-corrected chi connectivity index (χ0v) is 11.6. The number of carbonyl (C=O) groups excluding carboxylic acids is 1. The van der Waals surface area contributed by atoms with E-state index >= 15 is 0 Å². The molecule has 1 aliphatic rings. The first-order chi connectivity index (χ1) is 8.96. The lowest BCUT2D eigenvalue weighted by Gasteiger charge is -2.35. The van der Waals surface area contributed by atoms with Crippen LogP contribution >= 0.6 is 0 Å². The standard InChI is InChI=1S/C15H21NO3/c1-12-4-3-5-13(10-12)19-11-14(17)16-8-6-15(2,18)7-9-16/h3-5,10,18H,6-9,11H2,1-2H3. The molecule has 4 heteroatoms. The van der Waals surface area contributed by atoms with Crippen LogP contribution in [0.5, 0.6) is 5.75 Å². The predicted octanol–water partition coefficient (Wildman–Crippen LogP) is 1.75. The molecule has 0 aromatic heterocycles. The van der Waals surface area contributed by atoms with E-state index in [1.54, 1.807) is 4.90 Å². The van der Waals surface area contributed by atoms with Crippen LogP contribution in [0.15, 0.2) is 24.3 Å². The summed E-state index contributed by atoms with van der Waals surface area (Å²) in [5.74, 6) is 0.703. The zero-order valence-electron chi connectivity index (χ0n) is 11.6. The van der Waals surface area contributed by atoms with Gasteiger partial charge >= 0.3 is 0 Å². The van der Waals surface area contributed by atoms with Gasteiger partial charge in [-0.25, -0.2) is 0 Å². The average Bonchev–Trinajstić information content (AvgIpc) is 2.36. The second-order valence-electron chi connectivity index (χ2n) is 5.48. The van der Waals surface area contributed by atoms with E-state index in [1.807, 2.05) is 38.1 Å². The molecule has 0 bridgehead atoms. The number of benzene rings is 1. The van der Waals surface area contributed by atoms with Crippen LogP contribution in [-0.2, 0) is 4.79 Å². The molecule has 0 radical (unpaired) electrons.